The number of rotatable bonds is 7. The van der Waals surface area contributed by atoms with Gasteiger partial charge in [0.05, 0.1) is 16.8 Å². The first-order valence-corrected chi connectivity index (χ1v) is 11.4. The monoisotopic (exact) mass is 514 g/mol. The Balaban J connectivity index is 1.69. The number of benzene rings is 3. The van der Waals surface area contributed by atoms with E-state index in [4.69, 9.17) is 5.73 Å². The summed E-state index contributed by atoms with van der Waals surface area (Å²) >= 11 is 3.42. The molecule has 1 heterocycles. The third-order valence-corrected chi connectivity index (χ3v) is 5.90. The minimum absolute atomic E-state index is 0.155. The standard InChI is InChI=1S/C27H23BrN4O2/c1-32(2)21-11-3-17(4-12-21)5-14-25(33)18-6-13-24-22(15-18)26(23(16-30-24)27(29)34)31-20-9-7-19(28)8-10-20/h3-16H,1-2H3,(H2,29,34)(H,30,31)/b14-5+. The molecule has 1 amide bonds. The van der Waals surface area contributed by atoms with Gasteiger partial charge in [-0.2, -0.15) is 0 Å². The van der Waals surface area contributed by atoms with Gasteiger partial charge in [0.15, 0.2) is 5.78 Å². The van der Waals surface area contributed by atoms with Crippen molar-refractivity contribution >= 4 is 61.7 Å². The van der Waals surface area contributed by atoms with Crippen molar-refractivity contribution in [1.29, 1.82) is 0 Å². The summed E-state index contributed by atoms with van der Waals surface area (Å²) in [6.07, 6.45) is 4.77. The summed E-state index contributed by atoms with van der Waals surface area (Å²) in [5, 5.41) is 3.90. The number of allylic oxidation sites excluding steroid dienone is 1. The summed E-state index contributed by atoms with van der Waals surface area (Å²) in [4.78, 5) is 31.4. The van der Waals surface area contributed by atoms with Crippen molar-refractivity contribution in [2.45, 2.75) is 0 Å². The number of carbonyl (C=O) groups excluding carboxylic acids is 2. The zero-order valence-corrected chi connectivity index (χ0v) is 20.3. The number of carbonyl (C=O) groups is 2. The highest BCUT2D eigenvalue weighted by molar-refractivity contribution is 9.10. The lowest BCUT2D eigenvalue weighted by Gasteiger charge is -2.14. The van der Waals surface area contributed by atoms with Crippen LogP contribution in [0.5, 0.6) is 0 Å². The molecule has 0 spiro atoms. The van der Waals surface area contributed by atoms with Gasteiger partial charge in [0.1, 0.15) is 0 Å². The summed E-state index contributed by atoms with van der Waals surface area (Å²) in [5.41, 5.74) is 10.3. The van der Waals surface area contributed by atoms with Gasteiger partial charge in [-0.05, 0) is 66.2 Å². The summed E-state index contributed by atoms with van der Waals surface area (Å²) in [5.74, 6) is -0.760. The molecule has 1 aromatic heterocycles. The van der Waals surface area contributed by atoms with Gasteiger partial charge in [-0.25, -0.2) is 0 Å². The van der Waals surface area contributed by atoms with Gasteiger partial charge in [-0.15, -0.1) is 0 Å². The first-order valence-electron chi connectivity index (χ1n) is 10.6. The number of ketones is 1. The molecule has 0 saturated carbocycles. The Morgan fingerprint density at radius 2 is 1.71 bits per heavy atom. The van der Waals surface area contributed by atoms with Gasteiger partial charge in [-0.1, -0.05) is 34.1 Å². The lowest BCUT2D eigenvalue weighted by atomic mass is 10.0. The van der Waals surface area contributed by atoms with Crippen molar-refractivity contribution in [1.82, 2.24) is 4.98 Å². The van der Waals surface area contributed by atoms with E-state index >= 15 is 0 Å². The quantitative estimate of drug-likeness (QED) is 0.240. The van der Waals surface area contributed by atoms with Crippen LogP contribution in [0.4, 0.5) is 17.1 Å². The van der Waals surface area contributed by atoms with E-state index in [1.807, 2.05) is 67.5 Å². The average Bonchev–Trinajstić information content (AvgIpc) is 2.83. The van der Waals surface area contributed by atoms with Crippen molar-refractivity contribution in [3.8, 4) is 0 Å². The fraction of sp³-hybridized carbons (Fsp3) is 0.0741. The Labute approximate surface area is 206 Å². The van der Waals surface area contributed by atoms with Gasteiger partial charge in [0.2, 0.25) is 0 Å². The van der Waals surface area contributed by atoms with E-state index in [9.17, 15) is 9.59 Å². The van der Waals surface area contributed by atoms with Crippen LogP contribution in [0, 0.1) is 0 Å². The first-order chi connectivity index (χ1) is 16.3. The second-order valence-corrected chi connectivity index (χ2v) is 8.87. The molecule has 0 aliphatic rings. The number of aromatic nitrogens is 1. The van der Waals surface area contributed by atoms with Crippen molar-refractivity contribution < 1.29 is 9.59 Å². The Bertz CT molecular complexity index is 1400. The molecule has 0 unspecified atom stereocenters. The number of hydrogen-bond acceptors (Lipinski definition) is 5. The van der Waals surface area contributed by atoms with Crippen molar-refractivity contribution in [2.75, 3.05) is 24.3 Å². The highest BCUT2D eigenvalue weighted by Gasteiger charge is 2.15. The zero-order chi connectivity index (χ0) is 24.2. The number of nitrogens with two attached hydrogens (primary N) is 1. The Morgan fingerprint density at radius 3 is 2.35 bits per heavy atom. The Morgan fingerprint density at radius 1 is 1.00 bits per heavy atom. The number of nitrogens with one attached hydrogen (secondary N) is 1. The van der Waals surface area contributed by atoms with Crippen LogP contribution in [-0.4, -0.2) is 30.8 Å². The van der Waals surface area contributed by atoms with E-state index < -0.39 is 5.91 Å². The largest absolute Gasteiger partial charge is 0.378 e. The fourth-order valence-corrected chi connectivity index (χ4v) is 3.76. The molecule has 4 rings (SSSR count). The van der Waals surface area contributed by atoms with Crippen molar-refractivity contribution in [3.05, 3.63) is 100 Å². The lowest BCUT2D eigenvalue weighted by Crippen LogP contribution is -2.14. The number of hydrogen-bond donors (Lipinski definition) is 2. The zero-order valence-electron chi connectivity index (χ0n) is 18.7. The molecule has 0 fully saturated rings. The van der Waals surface area contributed by atoms with Crippen LogP contribution in [0.1, 0.15) is 26.3 Å². The molecular formula is C27H23BrN4O2. The maximum atomic E-state index is 12.9. The van der Waals surface area contributed by atoms with Gasteiger partial charge in [-0.3, -0.25) is 14.6 Å². The van der Waals surface area contributed by atoms with E-state index in [1.54, 1.807) is 30.4 Å². The number of halogens is 1. The van der Waals surface area contributed by atoms with Crippen molar-refractivity contribution in [2.24, 2.45) is 5.73 Å². The smallest absolute Gasteiger partial charge is 0.252 e. The summed E-state index contributed by atoms with van der Waals surface area (Å²) in [7, 11) is 3.96. The number of pyridine rings is 1. The second kappa shape index (κ2) is 9.89. The minimum Gasteiger partial charge on any atom is -0.378 e. The first kappa shape index (κ1) is 23.2. The highest BCUT2D eigenvalue weighted by atomic mass is 79.9. The van der Waals surface area contributed by atoms with Crippen molar-refractivity contribution in [3.63, 3.8) is 0 Å². The van der Waals surface area contributed by atoms with Gasteiger partial charge < -0.3 is 16.0 Å². The molecule has 170 valence electrons. The van der Waals surface area contributed by atoms with Crippen LogP contribution in [0.15, 0.2) is 83.5 Å². The van der Waals surface area contributed by atoms with E-state index in [-0.39, 0.29) is 11.3 Å². The molecular weight excluding hydrogens is 492 g/mol. The van der Waals surface area contributed by atoms with Crippen LogP contribution in [0.2, 0.25) is 0 Å². The normalized spacial score (nSPS) is 11.0. The molecule has 6 nitrogen and oxygen atoms in total. The topological polar surface area (TPSA) is 88.3 Å². The van der Waals surface area contributed by atoms with Crippen LogP contribution in [0.3, 0.4) is 0 Å². The molecule has 3 N–H and O–H groups in total. The molecule has 0 aliphatic carbocycles. The number of anilines is 3. The van der Waals surface area contributed by atoms with E-state index in [2.05, 4.69) is 26.2 Å². The predicted molar refractivity (Wildman–Crippen MR) is 142 cm³/mol. The maximum absolute atomic E-state index is 12.9. The number of nitrogens with zero attached hydrogens (tertiary/aromatic N) is 2. The molecule has 3 aromatic carbocycles. The SMILES string of the molecule is CN(C)c1ccc(/C=C/C(=O)c2ccc3ncc(C(N)=O)c(Nc4ccc(Br)cc4)c3c2)cc1. The fourth-order valence-electron chi connectivity index (χ4n) is 3.50. The average molecular weight is 515 g/mol. The highest BCUT2D eigenvalue weighted by Crippen LogP contribution is 2.30. The van der Waals surface area contributed by atoms with Gasteiger partial charge in [0.25, 0.3) is 5.91 Å². The lowest BCUT2D eigenvalue weighted by molar-refractivity contribution is 0.0999. The summed E-state index contributed by atoms with van der Waals surface area (Å²) < 4.78 is 0.934. The van der Waals surface area contributed by atoms with Crippen LogP contribution in [0.25, 0.3) is 17.0 Å². The molecule has 0 saturated heterocycles. The molecule has 0 aliphatic heterocycles. The predicted octanol–water partition coefficient (Wildman–Crippen LogP) is 5.80. The molecule has 0 bridgehead atoms. The Hall–Kier alpha value is -3.97. The van der Waals surface area contributed by atoms with E-state index in [0.717, 1.165) is 21.4 Å². The van der Waals surface area contributed by atoms with Gasteiger partial charge in [0, 0.05) is 47.1 Å². The molecule has 7 heteroatoms. The third-order valence-electron chi connectivity index (χ3n) is 5.37. The third kappa shape index (κ3) is 5.15. The summed E-state index contributed by atoms with van der Waals surface area (Å²) in [6, 6.07) is 20.7. The molecule has 4 aromatic rings. The number of primary amides is 1. The molecule has 0 radical (unpaired) electrons. The van der Waals surface area contributed by atoms with Crippen LogP contribution in [-0.2, 0) is 0 Å². The second-order valence-electron chi connectivity index (χ2n) is 7.96. The maximum Gasteiger partial charge on any atom is 0.252 e. The molecule has 34 heavy (non-hydrogen) atoms. The molecule has 0 atom stereocenters. The summed E-state index contributed by atoms with van der Waals surface area (Å²) in [6.45, 7) is 0. The van der Waals surface area contributed by atoms with Crippen LogP contribution >= 0.6 is 15.9 Å². The number of fused-ring (bicyclic) bond motifs is 1. The van der Waals surface area contributed by atoms with Gasteiger partial charge >= 0.3 is 0 Å². The Kier molecular flexibility index (Phi) is 6.75. The van der Waals surface area contributed by atoms with E-state index in [1.165, 1.54) is 6.20 Å². The van der Waals surface area contributed by atoms with E-state index in [0.29, 0.717) is 22.2 Å². The minimum atomic E-state index is -0.605. The number of amides is 1. The van der Waals surface area contributed by atoms with Crippen LogP contribution < -0.4 is 16.0 Å².